The molecule has 0 spiro atoms. The monoisotopic (exact) mass is 388 g/mol. The number of rotatable bonds is 6. The van der Waals surface area contributed by atoms with Gasteiger partial charge in [-0.15, -0.1) is 0 Å². The zero-order valence-electron chi connectivity index (χ0n) is 16.5. The number of carbonyl (C=O) groups excluding carboxylic acids is 1. The van der Waals surface area contributed by atoms with Gasteiger partial charge in [-0.05, 0) is 48.6 Å². The molecule has 2 aromatic carbocycles. The summed E-state index contributed by atoms with van der Waals surface area (Å²) in [6, 6.07) is 13.5. The zero-order chi connectivity index (χ0) is 20.2. The Labute approximate surface area is 162 Å². The summed E-state index contributed by atoms with van der Waals surface area (Å²) in [6.45, 7) is 9.94. The minimum atomic E-state index is -3.66. The molecule has 6 heteroatoms. The van der Waals surface area contributed by atoms with E-state index in [-0.39, 0.29) is 22.3 Å². The SMILES string of the molecule is CCC(C)NS(=O)(=O)c1cccc(C(=O)Nc2ccccc2C(C)(C)C)c1. The van der Waals surface area contributed by atoms with Gasteiger partial charge in [-0.1, -0.05) is 52.0 Å². The highest BCUT2D eigenvalue weighted by Crippen LogP contribution is 2.29. The topological polar surface area (TPSA) is 75.3 Å². The number of sulfonamides is 1. The van der Waals surface area contributed by atoms with Gasteiger partial charge >= 0.3 is 0 Å². The first-order valence-corrected chi connectivity index (χ1v) is 10.6. The Morgan fingerprint density at radius 3 is 2.37 bits per heavy atom. The van der Waals surface area contributed by atoms with Crippen molar-refractivity contribution in [1.29, 1.82) is 0 Å². The fourth-order valence-corrected chi connectivity index (χ4v) is 4.03. The van der Waals surface area contributed by atoms with Gasteiger partial charge in [0.05, 0.1) is 4.90 Å². The number of benzene rings is 2. The second-order valence-corrected chi connectivity index (χ2v) is 9.42. The summed E-state index contributed by atoms with van der Waals surface area (Å²) in [5.74, 6) is -0.340. The van der Waals surface area contributed by atoms with Crippen molar-refractivity contribution in [2.75, 3.05) is 5.32 Å². The molecule has 0 aliphatic carbocycles. The molecule has 0 radical (unpaired) electrons. The van der Waals surface area contributed by atoms with E-state index < -0.39 is 10.0 Å². The third kappa shape index (κ3) is 5.40. The van der Waals surface area contributed by atoms with Crippen molar-refractivity contribution in [3.8, 4) is 0 Å². The third-order valence-corrected chi connectivity index (χ3v) is 5.95. The summed E-state index contributed by atoms with van der Waals surface area (Å²) >= 11 is 0. The largest absolute Gasteiger partial charge is 0.322 e. The molecule has 1 unspecified atom stereocenters. The molecule has 0 aromatic heterocycles. The second kappa shape index (κ2) is 8.23. The molecule has 0 heterocycles. The highest BCUT2D eigenvalue weighted by molar-refractivity contribution is 7.89. The Morgan fingerprint density at radius 2 is 1.74 bits per heavy atom. The fraction of sp³-hybridized carbons (Fsp3) is 0.381. The van der Waals surface area contributed by atoms with E-state index in [0.29, 0.717) is 12.0 Å². The number of anilines is 1. The number of hydrogen-bond acceptors (Lipinski definition) is 3. The number of hydrogen-bond donors (Lipinski definition) is 2. The van der Waals surface area contributed by atoms with Crippen molar-refractivity contribution >= 4 is 21.6 Å². The van der Waals surface area contributed by atoms with Crippen LogP contribution in [-0.4, -0.2) is 20.4 Å². The van der Waals surface area contributed by atoms with E-state index in [4.69, 9.17) is 0 Å². The highest BCUT2D eigenvalue weighted by atomic mass is 32.2. The van der Waals surface area contributed by atoms with Crippen LogP contribution in [0.15, 0.2) is 53.4 Å². The molecule has 0 aliphatic rings. The standard InChI is InChI=1S/C21H28N2O3S/c1-6-15(2)23-27(25,26)17-11-9-10-16(14-17)20(24)22-19-13-8-7-12-18(19)21(3,4)5/h7-15,23H,6H2,1-5H3,(H,22,24). The average molecular weight is 389 g/mol. The normalized spacial score (nSPS) is 13.2. The first-order valence-electron chi connectivity index (χ1n) is 9.08. The van der Waals surface area contributed by atoms with Crippen molar-refractivity contribution < 1.29 is 13.2 Å². The van der Waals surface area contributed by atoms with Gasteiger partial charge in [0.25, 0.3) is 5.91 Å². The summed E-state index contributed by atoms with van der Waals surface area (Å²) < 4.78 is 27.6. The molecular weight excluding hydrogens is 360 g/mol. The lowest BCUT2D eigenvalue weighted by Crippen LogP contribution is -2.32. The Bertz CT molecular complexity index is 915. The van der Waals surface area contributed by atoms with Crippen LogP contribution in [0.4, 0.5) is 5.69 Å². The average Bonchev–Trinajstić information content (AvgIpc) is 2.61. The van der Waals surface area contributed by atoms with Gasteiger partial charge in [0.1, 0.15) is 0 Å². The van der Waals surface area contributed by atoms with Gasteiger partial charge < -0.3 is 5.32 Å². The van der Waals surface area contributed by atoms with E-state index in [2.05, 4.69) is 30.8 Å². The van der Waals surface area contributed by atoms with Crippen LogP contribution in [-0.2, 0) is 15.4 Å². The van der Waals surface area contributed by atoms with Crippen LogP contribution in [0.25, 0.3) is 0 Å². The quantitative estimate of drug-likeness (QED) is 0.774. The Hall–Kier alpha value is -2.18. The minimum absolute atomic E-state index is 0.0829. The lowest BCUT2D eigenvalue weighted by Gasteiger charge is -2.23. The molecule has 146 valence electrons. The number of para-hydroxylation sites is 1. The van der Waals surface area contributed by atoms with E-state index in [1.165, 1.54) is 12.1 Å². The summed E-state index contributed by atoms with van der Waals surface area (Å²) in [7, 11) is -3.66. The van der Waals surface area contributed by atoms with Crippen LogP contribution in [0, 0.1) is 0 Å². The van der Waals surface area contributed by atoms with Crippen LogP contribution in [0.2, 0.25) is 0 Å². The molecule has 0 aliphatic heterocycles. The molecule has 1 atom stereocenters. The van der Waals surface area contributed by atoms with Crippen molar-refractivity contribution in [3.63, 3.8) is 0 Å². The molecule has 5 nitrogen and oxygen atoms in total. The smallest absolute Gasteiger partial charge is 0.255 e. The summed E-state index contributed by atoms with van der Waals surface area (Å²) in [5.41, 5.74) is 1.90. The lowest BCUT2D eigenvalue weighted by molar-refractivity contribution is 0.102. The molecule has 0 saturated carbocycles. The van der Waals surface area contributed by atoms with Crippen molar-refractivity contribution in [2.45, 2.75) is 57.4 Å². The Morgan fingerprint density at radius 1 is 1.07 bits per heavy atom. The predicted molar refractivity (Wildman–Crippen MR) is 110 cm³/mol. The van der Waals surface area contributed by atoms with Crippen LogP contribution >= 0.6 is 0 Å². The van der Waals surface area contributed by atoms with Crippen molar-refractivity contribution in [3.05, 3.63) is 59.7 Å². The maximum atomic E-state index is 12.7. The molecule has 2 rings (SSSR count). The van der Waals surface area contributed by atoms with Gasteiger partial charge in [-0.3, -0.25) is 4.79 Å². The van der Waals surface area contributed by atoms with Gasteiger partial charge in [-0.2, -0.15) is 0 Å². The van der Waals surface area contributed by atoms with Crippen LogP contribution in [0.3, 0.4) is 0 Å². The van der Waals surface area contributed by atoms with Gasteiger partial charge in [0, 0.05) is 17.3 Å². The lowest BCUT2D eigenvalue weighted by atomic mass is 9.86. The molecule has 0 fully saturated rings. The molecule has 27 heavy (non-hydrogen) atoms. The first-order chi connectivity index (χ1) is 12.5. The zero-order valence-corrected chi connectivity index (χ0v) is 17.4. The molecule has 2 N–H and O–H groups in total. The maximum absolute atomic E-state index is 12.7. The third-order valence-electron chi connectivity index (χ3n) is 4.36. The number of nitrogens with one attached hydrogen (secondary N) is 2. The van der Waals surface area contributed by atoms with E-state index in [1.54, 1.807) is 19.1 Å². The minimum Gasteiger partial charge on any atom is -0.322 e. The summed E-state index contributed by atoms with van der Waals surface area (Å²) in [4.78, 5) is 12.8. The van der Waals surface area contributed by atoms with Crippen molar-refractivity contribution in [2.24, 2.45) is 0 Å². The second-order valence-electron chi connectivity index (χ2n) is 7.71. The molecule has 0 saturated heterocycles. The molecule has 0 bridgehead atoms. The van der Waals surface area contributed by atoms with E-state index in [1.807, 2.05) is 31.2 Å². The molecule has 1 amide bonds. The van der Waals surface area contributed by atoms with Crippen molar-refractivity contribution in [1.82, 2.24) is 4.72 Å². The maximum Gasteiger partial charge on any atom is 0.255 e. The van der Waals surface area contributed by atoms with E-state index >= 15 is 0 Å². The van der Waals surface area contributed by atoms with Gasteiger partial charge in [0.2, 0.25) is 10.0 Å². The van der Waals surface area contributed by atoms with Crippen LogP contribution in [0.5, 0.6) is 0 Å². The summed E-state index contributed by atoms with van der Waals surface area (Å²) in [5, 5.41) is 2.91. The number of amides is 1. The van der Waals surface area contributed by atoms with Gasteiger partial charge in [0.15, 0.2) is 0 Å². The predicted octanol–water partition coefficient (Wildman–Crippen LogP) is 4.31. The van der Waals surface area contributed by atoms with Crippen LogP contribution < -0.4 is 10.0 Å². The van der Waals surface area contributed by atoms with Crippen LogP contribution in [0.1, 0.15) is 57.0 Å². The fourth-order valence-electron chi connectivity index (χ4n) is 2.66. The Kier molecular flexibility index (Phi) is 6.44. The number of carbonyl (C=O) groups is 1. The van der Waals surface area contributed by atoms with Gasteiger partial charge in [-0.25, -0.2) is 13.1 Å². The van der Waals surface area contributed by atoms with E-state index in [9.17, 15) is 13.2 Å². The first kappa shape index (κ1) is 21.1. The Balaban J connectivity index is 2.30. The molecular formula is C21H28N2O3S. The highest BCUT2D eigenvalue weighted by Gasteiger charge is 2.21. The molecule has 2 aromatic rings. The van der Waals surface area contributed by atoms with E-state index in [0.717, 1.165) is 11.3 Å². The summed E-state index contributed by atoms with van der Waals surface area (Å²) in [6.07, 6.45) is 0.684.